The minimum absolute atomic E-state index is 0.00579. The first-order valence-corrected chi connectivity index (χ1v) is 25.1. The Morgan fingerprint density at radius 2 is 0.942 bits per heavy atom. The summed E-state index contributed by atoms with van der Waals surface area (Å²) < 4.78 is 15.5. The van der Waals surface area contributed by atoms with E-state index < -0.39 is 46.7 Å². The molecule has 6 atom stereocenters. The number of likely N-dealkylation sites (tertiary alicyclic amines) is 2. The van der Waals surface area contributed by atoms with Crippen molar-refractivity contribution in [3.8, 4) is 0 Å². The van der Waals surface area contributed by atoms with Gasteiger partial charge in [0.15, 0.2) is 11.6 Å². The number of anilines is 2. The highest BCUT2D eigenvalue weighted by molar-refractivity contribution is 5.94. The molecule has 0 aromatic heterocycles. The van der Waals surface area contributed by atoms with Gasteiger partial charge in [0.05, 0.1) is 76.3 Å². The molecule has 3 aromatic rings. The summed E-state index contributed by atoms with van der Waals surface area (Å²) in [6, 6.07) is 24.6. The van der Waals surface area contributed by atoms with E-state index in [1.165, 1.54) is 14.2 Å². The highest BCUT2D eigenvalue weighted by atomic mass is 16.5. The number of benzene rings is 3. The number of nitrogens with zero attached hydrogens (tertiary/aromatic N) is 4. The zero-order valence-corrected chi connectivity index (χ0v) is 42.2. The highest BCUT2D eigenvalue weighted by Crippen LogP contribution is 2.47. The summed E-state index contributed by atoms with van der Waals surface area (Å²) in [6.45, 7) is 15.8. The van der Waals surface area contributed by atoms with Gasteiger partial charge in [0, 0.05) is 50.4 Å². The molecule has 3 aromatic carbocycles. The van der Waals surface area contributed by atoms with Crippen LogP contribution in [0.5, 0.6) is 0 Å². The average molecular weight is 947 g/mol. The van der Waals surface area contributed by atoms with Crippen LogP contribution in [0.15, 0.2) is 72.8 Å². The Hall–Kier alpha value is -5.56. The molecule has 0 aliphatic carbocycles. The molecule has 0 bridgehead atoms. The number of esters is 2. The smallest absolute Gasteiger partial charge is 0.306 e. The predicted molar refractivity (Wildman–Crippen MR) is 266 cm³/mol. The maximum Gasteiger partial charge on any atom is 0.306 e. The normalized spacial score (nSPS) is 21.8. The van der Waals surface area contributed by atoms with E-state index in [0.29, 0.717) is 39.1 Å². The van der Waals surface area contributed by atoms with Crippen LogP contribution in [0.4, 0.5) is 11.4 Å². The van der Waals surface area contributed by atoms with Crippen LogP contribution >= 0.6 is 0 Å². The number of hydrogen-bond acceptors (Lipinski definition) is 11. The summed E-state index contributed by atoms with van der Waals surface area (Å²) in [7, 11) is 2.66. The van der Waals surface area contributed by atoms with Crippen LogP contribution in [0.2, 0.25) is 0 Å². The van der Waals surface area contributed by atoms with E-state index in [2.05, 4.69) is 58.3 Å². The lowest BCUT2D eigenvalue weighted by Crippen LogP contribution is -2.47. The van der Waals surface area contributed by atoms with Crippen LogP contribution in [-0.4, -0.2) is 111 Å². The summed E-state index contributed by atoms with van der Waals surface area (Å²) in [5, 5.41) is 0. The van der Waals surface area contributed by atoms with Gasteiger partial charge >= 0.3 is 11.9 Å². The molecule has 7 rings (SSSR count). The van der Waals surface area contributed by atoms with Gasteiger partial charge < -0.3 is 33.8 Å². The first-order valence-electron chi connectivity index (χ1n) is 25.1. The Bertz CT molecular complexity index is 2160. The topological polar surface area (TPSA) is 143 Å². The second kappa shape index (κ2) is 22.0. The first-order chi connectivity index (χ1) is 32.9. The molecule has 69 heavy (non-hydrogen) atoms. The standard InChI is InChI=1S/C56H74N4O9/c1-55(2,3)43(35-51(63)67-7)53(65)58-27-9-11-47(58)49(61)33-37-13-17-39(18-14-37)45-25-26-46(60(45)42-23-21-41(22-24-42)57-29-31-69-32-30-57)40-19-15-38(16-20-40)34-50(62)48-12-10-28-59(48)54(66)44(56(4,5)6)36-52(64)68-8/h13-24,43-48H,9-12,25-36H2,1-8H3/t43-,44-,45-,46-,47+,48+/m1/s1. The summed E-state index contributed by atoms with van der Waals surface area (Å²) in [4.78, 5) is 88.6. The summed E-state index contributed by atoms with van der Waals surface area (Å²) in [6.07, 6.45) is 4.89. The molecule has 0 saturated carbocycles. The molecule has 2 amide bonds. The monoisotopic (exact) mass is 947 g/mol. The Morgan fingerprint density at radius 3 is 1.32 bits per heavy atom. The van der Waals surface area contributed by atoms with E-state index in [9.17, 15) is 28.8 Å². The molecular weight excluding hydrogens is 873 g/mol. The molecule has 0 unspecified atom stereocenters. The second-order valence-corrected chi connectivity index (χ2v) is 21.7. The zero-order chi connectivity index (χ0) is 49.6. The first kappa shape index (κ1) is 51.3. The van der Waals surface area contributed by atoms with Crippen LogP contribution in [0.3, 0.4) is 0 Å². The number of ether oxygens (including phenoxy) is 3. The van der Waals surface area contributed by atoms with E-state index in [-0.39, 0.29) is 61.1 Å². The number of Topliss-reactive ketones (excluding diaryl/α,β-unsaturated/α-hetero) is 2. The molecular formula is C56H74N4O9. The van der Waals surface area contributed by atoms with E-state index in [1.807, 2.05) is 65.8 Å². The van der Waals surface area contributed by atoms with Gasteiger partial charge in [0.1, 0.15) is 0 Å². The van der Waals surface area contributed by atoms with Crippen LogP contribution < -0.4 is 9.80 Å². The third-order valence-corrected chi connectivity index (χ3v) is 15.1. The van der Waals surface area contributed by atoms with Crippen molar-refractivity contribution < 1.29 is 43.0 Å². The minimum Gasteiger partial charge on any atom is -0.469 e. The van der Waals surface area contributed by atoms with Crippen molar-refractivity contribution in [2.75, 3.05) is 63.4 Å². The molecule has 4 saturated heterocycles. The fourth-order valence-electron chi connectivity index (χ4n) is 11.0. The average Bonchev–Trinajstić information content (AvgIpc) is 4.13. The van der Waals surface area contributed by atoms with E-state index in [4.69, 9.17) is 14.2 Å². The molecule has 4 aliphatic rings. The van der Waals surface area contributed by atoms with Crippen LogP contribution in [0.25, 0.3) is 0 Å². The Morgan fingerprint density at radius 1 is 0.551 bits per heavy atom. The molecule has 0 radical (unpaired) electrons. The lowest BCUT2D eigenvalue weighted by Gasteiger charge is -2.35. The fourth-order valence-corrected chi connectivity index (χ4v) is 11.0. The lowest BCUT2D eigenvalue weighted by molar-refractivity contribution is -0.151. The number of methoxy groups -OCH3 is 2. The van der Waals surface area contributed by atoms with Gasteiger partial charge in [-0.3, -0.25) is 28.8 Å². The zero-order valence-electron chi connectivity index (χ0n) is 42.2. The van der Waals surface area contributed by atoms with Crippen molar-refractivity contribution >= 4 is 46.7 Å². The highest BCUT2D eigenvalue weighted by Gasteiger charge is 2.44. The molecule has 13 heteroatoms. The Kier molecular flexibility index (Phi) is 16.4. The van der Waals surface area contributed by atoms with Crippen molar-refractivity contribution in [2.24, 2.45) is 22.7 Å². The molecule has 4 heterocycles. The summed E-state index contributed by atoms with van der Waals surface area (Å²) >= 11 is 0. The fraction of sp³-hybridized carbons (Fsp3) is 0.571. The predicted octanol–water partition coefficient (Wildman–Crippen LogP) is 8.26. The van der Waals surface area contributed by atoms with Gasteiger partial charge in [-0.1, -0.05) is 90.1 Å². The third kappa shape index (κ3) is 12.1. The largest absolute Gasteiger partial charge is 0.469 e. The van der Waals surface area contributed by atoms with E-state index in [0.717, 1.165) is 72.4 Å². The number of carbonyl (C=O) groups is 6. The maximum absolute atomic E-state index is 13.9. The van der Waals surface area contributed by atoms with Crippen molar-refractivity contribution in [1.29, 1.82) is 0 Å². The van der Waals surface area contributed by atoms with Gasteiger partial charge in [0.2, 0.25) is 11.8 Å². The molecule has 4 fully saturated rings. The third-order valence-electron chi connectivity index (χ3n) is 15.1. The van der Waals surface area contributed by atoms with Crippen LogP contribution in [0, 0.1) is 22.7 Å². The Balaban J connectivity index is 1.07. The molecule has 0 N–H and O–H groups in total. The van der Waals surface area contributed by atoms with Gasteiger partial charge in [-0.2, -0.15) is 0 Å². The van der Waals surface area contributed by atoms with E-state index >= 15 is 0 Å². The second-order valence-electron chi connectivity index (χ2n) is 21.7. The van der Waals surface area contributed by atoms with Gasteiger partial charge in [-0.05, 0) is 95.9 Å². The molecule has 4 aliphatic heterocycles. The van der Waals surface area contributed by atoms with Crippen LogP contribution in [0.1, 0.15) is 127 Å². The molecule has 0 spiro atoms. The molecule has 13 nitrogen and oxygen atoms in total. The lowest BCUT2D eigenvalue weighted by atomic mass is 9.77. The maximum atomic E-state index is 13.9. The number of ketones is 2. The molecule has 372 valence electrons. The number of rotatable bonds is 16. The van der Waals surface area contributed by atoms with Crippen molar-refractivity contribution in [3.63, 3.8) is 0 Å². The van der Waals surface area contributed by atoms with Crippen molar-refractivity contribution in [2.45, 2.75) is 130 Å². The SMILES string of the molecule is COC(=O)C[C@H](C(=O)N1CCC[C@H]1C(=O)Cc1ccc([C@H]2CC[C@H](c3ccc(CC(=O)[C@@H]4CCCN4C(=O)[C@@H](CC(=O)OC)C(C)(C)C)cc3)N2c2ccc(N3CCOCC3)cc2)cc1)C(C)(C)C. The van der Waals surface area contributed by atoms with Crippen molar-refractivity contribution in [3.05, 3.63) is 95.1 Å². The van der Waals surface area contributed by atoms with Gasteiger partial charge in [-0.25, -0.2) is 0 Å². The number of carbonyl (C=O) groups excluding carboxylic acids is 6. The van der Waals surface area contributed by atoms with Gasteiger partial charge in [-0.15, -0.1) is 0 Å². The number of morpholine rings is 1. The summed E-state index contributed by atoms with van der Waals surface area (Å²) in [5.74, 6) is -2.36. The summed E-state index contributed by atoms with van der Waals surface area (Å²) in [5.41, 5.74) is 5.40. The minimum atomic E-state index is -0.589. The van der Waals surface area contributed by atoms with Crippen molar-refractivity contribution in [1.82, 2.24) is 9.80 Å². The number of hydrogen-bond donors (Lipinski definition) is 0. The van der Waals surface area contributed by atoms with E-state index in [1.54, 1.807) is 9.80 Å². The van der Waals surface area contributed by atoms with Gasteiger partial charge in [0.25, 0.3) is 0 Å². The Labute approximate surface area is 409 Å². The number of amides is 2. The van der Waals surface area contributed by atoms with Crippen LogP contribution in [-0.2, 0) is 55.8 Å². The quantitative estimate of drug-likeness (QED) is 0.128.